The Hall–Kier alpha value is -2.25. The lowest BCUT2D eigenvalue weighted by molar-refractivity contribution is -0.384. The summed E-state index contributed by atoms with van der Waals surface area (Å²) in [5.41, 5.74) is 0.458. The van der Waals surface area contributed by atoms with Crippen LogP contribution in [0.25, 0.3) is 0 Å². The SMILES string of the molecule is CCNc1cc(Oc2ccc(Cl)cc2)ccc1[N+](=O)[O-].CO[P+](=O)OC. The number of hydrogen-bond acceptors (Lipinski definition) is 7. The molecule has 0 aliphatic rings. The van der Waals surface area contributed by atoms with Gasteiger partial charge in [0.05, 0.1) is 19.1 Å². The molecule has 0 aliphatic heterocycles. The van der Waals surface area contributed by atoms with Crippen LogP contribution in [0.15, 0.2) is 42.5 Å². The predicted molar refractivity (Wildman–Crippen MR) is 100 cm³/mol. The van der Waals surface area contributed by atoms with Crippen LogP contribution in [0.2, 0.25) is 5.02 Å². The minimum atomic E-state index is -1.83. The second-order valence-electron chi connectivity index (χ2n) is 4.61. The molecule has 0 fully saturated rings. The van der Waals surface area contributed by atoms with Crippen molar-refractivity contribution in [1.82, 2.24) is 0 Å². The van der Waals surface area contributed by atoms with E-state index in [4.69, 9.17) is 16.3 Å². The lowest BCUT2D eigenvalue weighted by Gasteiger charge is -2.09. The third-order valence-corrected chi connectivity index (χ3v) is 3.73. The number of nitrogens with one attached hydrogen (secondary N) is 1. The Kier molecular flexibility index (Phi) is 9.54. The Morgan fingerprint density at radius 3 is 2.15 bits per heavy atom. The van der Waals surface area contributed by atoms with Crippen molar-refractivity contribution in [1.29, 1.82) is 0 Å². The van der Waals surface area contributed by atoms with Gasteiger partial charge in [-0.05, 0) is 37.3 Å². The van der Waals surface area contributed by atoms with Crippen LogP contribution in [0.5, 0.6) is 11.5 Å². The number of nitro groups is 1. The van der Waals surface area contributed by atoms with Crippen LogP contribution in [0, 0.1) is 10.1 Å². The van der Waals surface area contributed by atoms with E-state index < -0.39 is 13.2 Å². The summed E-state index contributed by atoms with van der Waals surface area (Å²) < 4.78 is 23.9. The maximum Gasteiger partial charge on any atom is 0.696 e. The van der Waals surface area contributed by atoms with Gasteiger partial charge in [-0.2, -0.15) is 0 Å². The number of hydrogen-bond donors (Lipinski definition) is 1. The lowest BCUT2D eigenvalue weighted by atomic mass is 10.2. The van der Waals surface area contributed by atoms with E-state index in [-0.39, 0.29) is 5.69 Å². The van der Waals surface area contributed by atoms with Crippen molar-refractivity contribution in [2.45, 2.75) is 6.92 Å². The highest BCUT2D eigenvalue weighted by molar-refractivity contribution is 7.33. The van der Waals surface area contributed by atoms with Crippen LogP contribution in [-0.4, -0.2) is 25.7 Å². The van der Waals surface area contributed by atoms with E-state index in [9.17, 15) is 14.7 Å². The van der Waals surface area contributed by atoms with E-state index in [0.717, 1.165) is 0 Å². The summed E-state index contributed by atoms with van der Waals surface area (Å²) >= 11 is 5.80. The summed E-state index contributed by atoms with van der Waals surface area (Å²) in [5.74, 6) is 1.14. The van der Waals surface area contributed by atoms with Crippen molar-refractivity contribution in [2.24, 2.45) is 0 Å². The van der Waals surface area contributed by atoms with E-state index >= 15 is 0 Å². The molecular formula is C16H19ClN2O6P+. The summed E-state index contributed by atoms with van der Waals surface area (Å²) in [4.78, 5) is 10.5. The van der Waals surface area contributed by atoms with Gasteiger partial charge >= 0.3 is 8.25 Å². The molecule has 0 heterocycles. The number of ether oxygens (including phenoxy) is 1. The monoisotopic (exact) mass is 401 g/mol. The molecule has 140 valence electrons. The first-order valence-electron chi connectivity index (χ1n) is 7.42. The molecular weight excluding hydrogens is 383 g/mol. The van der Waals surface area contributed by atoms with Gasteiger partial charge in [0.25, 0.3) is 5.69 Å². The largest absolute Gasteiger partial charge is 0.696 e. The first-order valence-corrected chi connectivity index (χ1v) is 8.89. The van der Waals surface area contributed by atoms with Crippen molar-refractivity contribution in [3.8, 4) is 11.5 Å². The molecule has 0 aliphatic carbocycles. The maximum atomic E-state index is 10.9. The van der Waals surface area contributed by atoms with E-state index in [1.54, 1.807) is 36.4 Å². The Balaban J connectivity index is 0.000000487. The summed E-state index contributed by atoms with van der Waals surface area (Å²) in [6.45, 7) is 2.46. The average molecular weight is 402 g/mol. The summed E-state index contributed by atoms with van der Waals surface area (Å²) in [5, 5.41) is 14.5. The van der Waals surface area contributed by atoms with E-state index in [1.165, 1.54) is 20.3 Å². The zero-order chi connectivity index (χ0) is 19.5. The van der Waals surface area contributed by atoms with E-state index in [2.05, 4.69) is 14.4 Å². The highest BCUT2D eigenvalue weighted by Crippen LogP contribution is 2.31. The van der Waals surface area contributed by atoms with Gasteiger partial charge in [0, 0.05) is 28.3 Å². The van der Waals surface area contributed by atoms with Gasteiger partial charge < -0.3 is 10.1 Å². The smallest absolute Gasteiger partial charge is 0.457 e. The Morgan fingerprint density at radius 2 is 1.69 bits per heavy atom. The highest BCUT2D eigenvalue weighted by atomic mass is 35.5. The summed E-state index contributed by atoms with van der Waals surface area (Å²) in [6, 6.07) is 11.5. The molecule has 0 unspecified atom stereocenters. The van der Waals surface area contributed by atoms with Gasteiger partial charge in [-0.3, -0.25) is 10.1 Å². The second-order valence-corrected chi connectivity index (χ2v) is 6.23. The first-order chi connectivity index (χ1) is 12.4. The van der Waals surface area contributed by atoms with Crippen LogP contribution < -0.4 is 10.1 Å². The third kappa shape index (κ3) is 7.33. The molecule has 1 N–H and O–H groups in total. The number of benzene rings is 2. The molecule has 10 heteroatoms. The van der Waals surface area contributed by atoms with Crippen LogP contribution in [0.1, 0.15) is 6.92 Å². The Morgan fingerprint density at radius 1 is 1.12 bits per heavy atom. The number of halogens is 1. The number of rotatable bonds is 7. The molecule has 0 atom stereocenters. The topological polar surface area (TPSA) is 99.9 Å². The van der Waals surface area contributed by atoms with Crippen LogP contribution in [0.4, 0.5) is 11.4 Å². The molecule has 2 aromatic rings. The van der Waals surface area contributed by atoms with Gasteiger partial charge in [0.2, 0.25) is 0 Å². The molecule has 0 bridgehead atoms. The molecule has 0 aromatic heterocycles. The van der Waals surface area contributed by atoms with Gasteiger partial charge in [0.15, 0.2) is 0 Å². The molecule has 0 spiro atoms. The zero-order valence-corrected chi connectivity index (χ0v) is 16.1. The summed E-state index contributed by atoms with van der Waals surface area (Å²) in [6.07, 6.45) is 0. The number of nitrogens with zero attached hydrogens (tertiary/aromatic N) is 1. The average Bonchev–Trinajstić information content (AvgIpc) is 2.63. The molecule has 0 saturated carbocycles. The molecule has 0 radical (unpaired) electrons. The fourth-order valence-electron chi connectivity index (χ4n) is 1.78. The van der Waals surface area contributed by atoms with Crippen LogP contribution >= 0.6 is 19.9 Å². The summed E-state index contributed by atoms with van der Waals surface area (Å²) in [7, 11) is 0.817. The Labute approximate surface area is 157 Å². The zero-order valence-electron chi connectivity index (χ0n) is 14.5. The van der Waals surface area contributed by atoms with Crippen LogP contribution in [0.3, 0.4) is 0 Å². The van der Waals surface area contributed by atoms with Gasteiger partial charge in [-0.15, -0.1) is 9.05 Å². The number of anilines is 1. The normalized spacial score (nSPS) is 9.69. The third-order valence-electron chi connectivity index (χ3n) is 2.88. The predicted octanol–water partition coefficient (Wildman–Crippen LogP) is 5.41. The number of nitro benzene ring substituents is 1. The van der Waals surface area contributed by atoms with Gasteiger partial charge in [0.1, 0.15) is 17.2 Å². The van der Waals surface area contributed by atoms with Crippen LogP contribution in [-0.2, 0) is 13.6 Å². The first kappa shape index (κ1) is 21.8. The van der Waals surface area contributed by atoms with Crippen molar-refractivity contribution in [3.63, 3.8) is 0 Å². The fourth-order valence-corrected chi connectivity index (χ4v) is 2.06. The van der Waals surface area contributed by atoms with E-state index in [1.807, 2.05) is 6.92 Å². The fraction of sp³-hybridized carbons (Fsp3) is 0.250. The maximum absolute atomic E-state index is 10.9. The van der Waals surface area contributed by atoms with Gasteiger partial charge in [-0.1, -0.05) is 11.6 Å². The van der Waals surface area contributed by atoms with Crippen molar-refractivity contribution >= 4 is 31.2 Å². The quantitative estimate of drug-likeness (QED) is 0.376. The van der Waals surface area contributed by atoms with Gasteiger partial charge in [-0.25, -0.2) is 0 Å². The second kappa shape index (κ2) is 11.4. The molecule has 0 amide bonds. The van der Waals surface area contributed by atoms with E-state index in [0.29, 0.717) is 28.8 Å². The van der Waals surface area contributed by atoms with Crippen molar-refractivity contribution < 1.29 is 23.3 Å². The highest BCUT2D eigenvalue weighted by Gasteiger charge is 2.14. The minimum absolute atomic E-state index is 0.0234. The standard InChI is InChI=1S/C14H13ClN2O3.C2H6O3P/c1-2-16-13-9-12(7-8-14(13)17(18)19)20-11-5-3-10(15)4-6-11;1-4-6(3)5-2/h3-9,16H,2H2,1H3;1-2H3/q;+1. The molecule has 8 nitrogen and oxygen atoms in total. The molecule has 2 aromatic carbocycles. The molecule has 2 rings (SSSR count). The molecule has 0 saturated heterocycles. The van der Waals surface area contributed by atoms with Crippen molar-refractivity contribution in [3.05, 3.63) is 57.6 Å². The lowest BCUT2D eigenvalue weighted by Crippen LogP contribution is -2.01. The van der Waals surface area contributed by atoms with Crippen molar-refractivity contribution in [2.75, 3.05) is 26.1 Å². The minimum Gasteiger partial charge on any atom is -0.457 e. The Bertz CT molecular complexity index is 736. The molecule has 26 heavy (non-hydrogen) atoms.